The molecule has 9 aromatic rings. The van der Waals surface area contributed by atoms with Crippen LogP contribution in [0.2, 0.25) is 0 Å². The van der Waals surface area contributed by atoms with Gasteiger partial charge in [-0.2, -0.15) is 0 Å². The average molecular weight is 684 g/mol. The van der Waals surface area contributed by atoms with Gasteiger partial charge in [-0.05, 0) is 109 Å². The highest BCUT2D eigenvalue weighted by Gasteiger charge is 2.17. The number of hydrogen-bond donors (Lipinski definition) is 0. The molecule has 0 aliphatic heterocycles. The topological polar surface area (TPSA) is 3.24 Å². The van der Waals surface area contributed by atoms with E-state index in [1.807, 2.05) is 146 Å². The van der Waals surface area contributed by atoms with Gasteiger partial charge in [-0.1, -0.05) is 176 Å². The minimum atomic E-state index is -0.397. The highest BCUT2D eigenvalue weighted by molar-refractivity contribution is 5.90. The monoisotopic (exact) mass is 683 g/mol. The fourth-order valence-corrected chi connectivity index (χ4v) is 6.72. The predicted molar refractivity (Wildman–Crippen MR) is 226 cm³/mol. The van der Waals surface area contributed by atoms with Crippen LogP contribution in [0.5, 0.6) is 0 Å². The van der Waals surface area contributed by atoms with Crippen molar-refractivity contribution in [2.75, 3.05) is 4.90 Å². The van der Waals surface area contributed by atoms with Gasteiger partial charge in [0.05, 0.1) is 16.7 Å². The smallest absolute Gasteiger partial charge is 0.0645 e. The summed E-state index contributed by atoms with van der Waals surface area (Å²) in [7, 11) is 0. The van der Waals surface area contributed by atoms with Crippen molar-refractivity contribution in [3.63, 3.8) is 0 Å². The summed E-state index contributed by atoms with van der Waals surface area (Å²) in [6, 6.07) is 52.5. The zero-order valence-corrected chi connectivity index (χ0v) is 28.7. The fourth-order valence-electron chi connectivity index (χ4n) is 6.72. The predicted octanol–water partition coefficient (Wildman–Crippen LogP) is 14.6. The molecule has 0 unspecified atom stereocenters. The van der Waals surface area contributed by atoms with Crippen LogP contribution in [0.15, 0.2) is 224 Å². The van der Waals surface area contributed by atoms with E-state index in [1.54, 1.807) is 24.3 Å². The third-order valence-corrected chi connectivity index (χ3v) is 9.39. The molecule has 0 radical (unpaired) electrons. The van der Waals surface area contributed by atoms with Gasteiger partial charge in [-0.25, -0.2) is 0 Å². The largest absolute Gasteiger partial charge is 0.310 e. The Morgan fingerprint density at radius 2 is 0.717 bits per heavy atom. The van der Waals surface area contributed by atoms with Crippen molar-refractivity contribution < 1.29 is 11.0 Å². The number of nitrogens with zero attached hydrogens (tertiary/aromatic N) is 1. The first-order chi connectivity index (χ1) is 29.6. The van der Waals surface area contributed by atoms with Gasteiger partial charge in [0.1, 0.15) is 0 Å². The van der Waals surface area contributed by atoms with Crippen LogP contribution >= 0.6 is 0 Å². The van der Waals surface area contributed by atoms with E-state index in [1.165, 1.54) is 4.90 Å². The normalized spacial score (nSPS) is 13.1. The Morgan fingerprint density at radius 3 is 1.32 bits per heavy atom. The fraction of sp³-hybridized carbons (Fsp3) is 0. The van der Waals surface area contributed by atoms with E-state index in [0.717, 1.165) is 38.6 Å². The van der Waals surface area contributed by atoms with Crippen LogP contribution in [0, 0.1) is 0 Å². The molecule has 9 rings (SSSR count). The SMILES string of the molecule is [2H]c1c([2H])c(N(c2ccccc2-c2ccccc2)c2c([2H])c([2H])c(-c3cccc(-c4ccc5ccccc5c4)c3)c([2H])c2[2H])c([2H])c([2H])c1-c1cccc(-c2ccccc2)c1. The second-order valence-electron chi connectivity index (χ2n) is 12.8. The van der Waals surface area contributed by atoms with Crippen LogP contribution in [0.1, 0.15) is 11.0 Å². The number of para-hydroxylation sites is 1. The molecule has 1 nitrogen and oxygen atoms in total. The highest BCUT2D eigenvalue weighted by atomic mass is 15.1. The molecule has 0 N–H and O–H groups in total. The Balaban J connectivity index is 1.26. The van der Waals surface area contributed by atoms with E-state index in [2.05, 4.69) is 6.07 Å². The number of anilines is 3. The van der Waals surface area contributed by atoms with Gasteiger partial charge in [-0.3, -0.25) is 0 Å². The maximum absolute atomic E-state index is 9.62. The standard InChI is InChI=1S/C52H37N/c1-3-13-38(14-4-1)44-19-11-20-45(35-44)40-27-31-49(32-28-40)53(52-24-10-9-23-51(52)42-16-5-2-6-17-42)50-33-29-41(30-34-50)46-21-12-22-47(36-46)48-26-25-39-15-7-8-18-43(39)37-48/h1-37H/i27D,28D,29D,30D,31D,32D,33D,34D. The van der Waals surface area contributed by atoms with Crippen LogP contribution < -0.4 is 4.90 Å². The van der Waals surface area contributed by atoms with Gasteiger partial charge in [0.2, 0.25) is 0 Å². The number of rotatable bonds is 8. The van der Waals surface area contributed by atoms with Gasteiger partial charge in [-0.15, -0.1) is 0 Å². The highest BCUT2D eigenvalue weighted by Crippen LogP contribution is 2.42. The van der Waals surface area contributed by atoms with Gasteiger partial charge < -0.3 is 4.90 Å². The molecule has 9 aromatic carbocycles. The van der Waals surface area contributed by atoms with Gasteiger partial charge in [0, 0.05) is 16.9 Å². The minimum absolute atomic E-state index is 0.103. The maximum atomic E-state index is 9.62. The molecule has 250 valence electrons. The summed E-state index contributed by atoms with van der Waals surface area (Å²) >= 11 is 0. The number of fused-ring (bicyclic) bond motifs is 1. The molecule has 0 saturated heterocycles. The van der Waals surface area contributed by atoms with E-state index in [9.17, 15) is 11.0 Å². The van der Waals surface area contributed by atoms with E-state index in [-0.39, 0.29) is 46.7 Å². The average Bonchev–Trinajstić information content (AvgIpc) is 3.30. The lowest BCUT2D eigenvalue weighted by Gasteiger charge is -2.28. The second kappa shape index (κ2) is 14.3. The molecule has 0 spiro atoms. The van der Waals surface area contributed by atoms with Crippen LogP contribution in [0.25, 0.3) is 66.4 Å². The quantitative estimate of drug-likeness (QED) is 0.154. The third kappa shape index (κ3) is 6.65. The van der Waals surface area contributed by atoms with Crippen LogP contribution in [-0.2, 0) is 0 Å². The van der Waals surface area contributed by atoms with Crippen LogP contribution in [-0.4, -0.2) is 0 Å². The molecular formula is C52H37N. The molecule has 0 aliphatic rings. The molecule has 0 aromatic heterocycles. The Kier molecular flexibility index (Phi) is 6.57. The first kappa shape index (κ1) is 24.3. The Hall–Kier alpha value is -6.96. The van der Waals surface area contributed by atoms with E-state index < -0.39 is 24.2 Å². The van der Waals surface area contributed by atoms with E-state index in [0.29, 0.717) is 22.4 Å². The van der Waals surface area contributed by atoms with Crippen LogP contribution in [0.3, 0.4) is 0 Å². The van der Waals surface area contributed by atoms with Crippen molar-refractivity contribution in [1.29, 1.82) is 0 Å². The molecular weight excluding hydrogens is 639 g/mol. The molecule has 0 amide bonds. The Bertz CT molecular complexity index is 3070. The molecule has 0 bridgehead atoms. The molecule has 0 aliphatic carbocycles. The Labute approximate surface area is 323 Å². The summed E-state index contributed by atoms with van der Waals surface area (Å²) in [4.78, 5) is 1.38. The van der Waals surface area contributed by atoms with Crippen molar-refractivity contribution in [2.24, 2.45) is 0 Å². The third-order valence-electron chi connectivity index (χ3n) is 9.39. The lowest BCUT2D eigenvalue weighted by molar-refractivity contribution is 1.28. The summed E-state index contributed by atoms with van der Waals surface area (Å²) < 4.78 is 76.2. The van der Waals surface area contributed by atoms with Crippen molar-refractivity contribution in [2.45, 2.75) is 0 Å². The summed E-state index contributed by atoms with van der Waals surface area (Å²) in [6.45, 7) is 0. The molecule has 0 fully saturated rings. The summed E-state index contributed by atoms with van der Waals surface area (Å²) in [5.74, 6) is 0. The van der Waals surface area contributed by atoms with Crippen molar-refractivity contribution in [3.8, 4) is 55.6 Å². The number of benzene rings is 9. The zero-order chi connectivity index (χ0) is 42.4. The van der Waals surface area contributed by atoms with Crippen molar-refractivity contribution in [3.05, 3.63) is 224 Å². The Morgan fingerprint density at radius 1 is 0.283 bits per heavy atom. The van der Waals surface area contributed by atoms with Gasteiger partial charge in [0.25, 0.3) is 0 Å². The van der Waals surface area contributed by atoms with Crippen molar-refractivity contribution >= 4 is 27.8 Å². The maximum Gasteiger partial charge on any atom is 0.0645 e. The summed E-state index contributed by atoms with van der Waals surface area (Å²) in [5, 5.41) is 2.17. The number of hydrogen-bond acceptors (Lipinski definition) is 1. The second-order valence-corrected chi connectivity index (χ2v) is 12.8. The molecule has 0 saturated carbocycles. The van der Waals surface area contributed by atoms with Crippen LogP contribution in [0.4, 0.5) is 17.1 Å². The minimum Gasteiger partial charge on any atom is -0.310 e. The first-order valence-electron chi connectivity index (χ1n) is 21.5. The zero-order valence-electron chi connectivity index (χ0n) is 36.7. The lowest BCUT2D eigenvalue weighted by Crippen LogP contribution is -2.11. The summed E-state index contributed by atoms with van der Waals surface area (Å²) in [5.41, 5.74) is 6.14. The van der Waals surface area contributed by atoms with Crippen molar-refractivity contribution in [1.82, 2.24) is 0 Å². The molecule has 0 atom stereocenters. The van der Waals surface area contributed by atoms with E-state index >= 15 is 0 Å². The summed E-state index contributed by atoms with van der Waals surface area (Å²) in [6.07, 6.45) is 0. The first-order valence-corrected chi connectivity index (χ1v) is 17.5. The molecule has 1 heteroatoms. The van der Waals surface area contributed by atoms with Gasteiger partial charge >= 0.3 is 0 Å². The molecule has 0 heterocycles. The van der Waals surface area contributed by atoms with E-state index in [4.69, 9.17) is 0 Å². The van der Waals surface area contributed by atoms with Gasteiger partial charge in [0.15, 0.2) is 0 Å². The lowest BCUT2D eigenvalue weighted by atomic mass is 9.97. The molecule has 53 heavy (non-hydrogen) atoms.